The molecular formula is C19H22N2O2. The summed E-state index contributed by atoms with van der Waals surface area (Å²) in [5.74, 6) is 0.354. The lowest BCUT2D eigenvalue weighted by molar-refractivity contribution is -0.137. The highest BCUT2D eigenvalue weighted by Crippen LogP contribution is 2.34. The van der Waals surface area contributed by atoms with Gasteiger partial charge in [0, 0.05) is 30.4 Å². The Hall–Kier alpha value is -2.49. The Balaban J connectivity index is 1.67. The number of carbonyl (C=O) groups is 1. The number of nitrogens with two attached hydrogens (primary N) is 1. The first-order chi connectivity index (χ1) is 11.3. The van der Waals surface area contributed by atoms with Crippen LogP contribution in [-0.2, 0) is 9.53 Å². The SMILES string of the molecule is Nc1ccc(N2CCC(C(OC=O)c3ccccc3)CC2)cc1. The van der Waals surface area contributed by atoms with Gasteiger partial charge in [0.15, 0.2) is 0 Å². The third-order valence-corrected chi connectivity index (χ3v) is 4.56. The minimum Gasteiger partial charge on any atom is -0.459 e. The zero-order valence-electron chi connectivity index (χ0n) is 13.1. The van der Waals surface area contributed by atoms with Crippen LogP contribution in [0.5, 0.6) is 0 Å². The van der Waals surface area contributed by atoms with Crippen molar-refractivity contribution < 1.29 is 9.53 Å². The Bertz CT molecular complexity index is 620. The van der Waals surface area contributed by atoms with Crippen LogP contribution in [0.1, 0.15) is 24.5 Å². The molecule has 0 radical (unpaired) electrons. The molecule has 0 aromatic heterocycles. The molecule has 2 aromatic rings. The molecule has 1 aliphatic heterocycles. The lowest BCUT2D eigenvalue weighted by atomic mass is 9.87. The topological polar surface area (TPSA) is 55.6 Å². The summed E-state index contributed by atoms with van der Waals surface area (Å²) >= 11 is 0. The molecular weight excluding hydrogens is 288 g/mol. The average molecular weight is 310 g/mol. The maximum atomic E-state index is 10.9. The number of anilines is 2. The standard InChI is InChI=1S/C19H22N2O2/c20-17-6-8-18(9-7-17)21-12-10-16(11-13-21)19(23-14-22)15-4-2-1-3-5-15/h1-9,14,16,19H,10-13,20H2. The summed E-state index contributed by atoms with van der Waals surface area (Å²) in [5.41, 5.74) is 8.81. The molecule has 1 unspecified atom stereocenters. The van der Waals surface area contributed by atoms with E-state index < -0.39 is 0 Å². The van der Waals surface area contributed by atoms with Crippen LogP contribution in [-0.4, -0.2) is 19.6 Å². The molecule has 4 nitrogen and oxygen atoms in total. The van der Waals surface area contributed by atoms with Gasteiger partial charge in [-0.25, -0.2) is 0 Å². The maximum absolute atomic E-state index is 10.9. The van der Waals surface area contributed by atoms with Gasteiger partial charge in [-0.05, 0) is 42.7 Å². The van der Waals surface area contributed by atoms with E-state index in [1.54, 1.807) is 0 Å². The monoisotopic (exact) mass is 310 g/mol. The van der Waals surface area contributed by atoms with Crippen molar-refractivity contribution in [3.63, 3.8) is 0 Å². The van der Waals surface area contributed by atoms with Gasteiger partial charge >= 0.3 is 0 Å². The van der Waals surface area contributed by atoms with Crippen molar-refractivity contribution in [3.05, 3.63) is 60.2 Å². The van der Waals surface area contributed by atoms with E-state index in [0.29, 0.717) is 12.4 Å². The van der Waals surface area contributed by atoms with E-state index in [-0.39, 0.29) is 6.10 Å². The molecule has 0 saturated carbocycles. The number of rotatable bonds is 5. The van der Waals surface area contributed by atoms with Gasteiger partial charge < -0.3 is 15.4 Å². The summed E-state index contributed by atoms with van der Waals surface area (Å²) in [6, 6.07) is 18.0. The summed E-state index contributed by atoms with van der Waals surface area (Å²) in [6.45, 7) is 2.49. The number of carbonyl (C=O) groups excluding carboxylic acids is 1. The fraction of sp³-hybridized carbons (Fsp3) is 0.316. The van der Waals surface area contributed by atoms with Gasteiger partial charge in [-0.3, -0.25) is 4.79 Å². The molecule has 3 rings (SSSR count). The third kappa shape index (κ3) is 3.65. The van der Waals surface area contributed by atoms with Crippen LogP contribution in [0.4, 0.5) is 11.4 Å². The summed E-state index contributed by atoms with van der Waals surface area (Å²) < 4.78 is 5.41. The zero-order chi connectivity index (χ0) is 16.1. The lowest BCUT2D eigenvalue weighted by Gasteiger charge is -2.36. The summed E-state index contributed by atoms with van der Waals surface area (Å²) in [5, 5.41) is 0. The van der Waals surface area contributed by atoms with Gasteiger partial charge in [0.05, 0.1) is 0 Å². The summed E-state index contributed by atoms with van der Waals surface area (Å²) in [7, 11) is 0. The van der Waals surface area contributed by atoms with E-state index in [1.807, 2.05) is 42.5 Å². The van der Waals surface area contributed by atoms with Crippen molar-refractivity contribution in [3.8, 4) is 0 Å². The second kappa shape index (κ2) is 7.18. The molecule has 0 amide bonds. The predicted octanol–water partition coefficient (Wildman–Crippen LogP) is 3.40. The third-order valence-electron chi connectivity index (χ3n) is 4.56. The molecule has 0 spiro atoms. The van der Waals surface area contributed by atoms with Crippen molar-refractivity contribution in [1.29, 1.82) is 0 Å². The lowest BCUT2D eigenvalue weighted by Crippen LogP contribution is -2.36. The number of piperidine rings is 1. The average Bonchev–Trinajstić information content (AvgIpc) is 2.61. The second-order valence-electron chi connectivity index (χ2n) is 5.98. The number of nitrogens with zero attached hydrogens (tertiary/aromatic N) is 1. The van der Waals surface area contributed by atoms with Crippen LogP contribution in [0.2, 0.25) is 0 Å². The summed E-state index contributed by atoms with van der Waals surface area (Å²) in [6.07, 6.45) is 1.84. The van der Waals surface area contributed by atoms with E-state index in [0.717, 1.165) is 37.2 Å². The number of ether oxygens (including phenoxy) is 1. The van der Waals surface area contributed by atoms with Crippen molar-refractivity contribution in [2.75, 3.05) is 23.7 Å². The van der Waals surface area contributed by atoms with Crippen molar-refractivity contribution >= 4 is 17.8 Å². The fourth-order valence-corrected chi connectivity index (χ4v) is 3.31. The Morgan fingerprint density at radius 3 is 2.30 bits per heavy atom. The zero-order valence-corrected chi connectivity index (χ0v) is 13.1. The Labute approximate surface area is 136 Å². The molecule has 1 aliphatic rings. The maximum Gasteiger partial charge on any atom is 0.293 e. The first-order valence-electron chi connectivity index (χ1n) is 8.02. The molecule has 120 valence electrons. The minimum absolute atomic E-state index is 0.151. The minimum atomic E-state index is -0.151. The van der Waals surface area contributed by atoms with Crippen LogP contribution >= 0.6 is 0 Å². The number of hydrogen-bond donors (Lipinski definition) is 1. The number of benzene rings is 2. The Kier molecular flexibility index (Phi) is 4.81. The van der Waals surface area contributed by atoms with E-state index in [9.17, 15) is 4.79 Å². The quantitative estimate of drug-likeness (QED) is 0.679. The number of hydrogen-bond acceptors (Lipinski definition) is 4. The molecule has 0 bridgehead atoms. The first kappa shape index (κ1) is 15.4. The molecule has 1 saturated heterocycles. The molecule has 4 heteroatoms. The number of nitrogen functional groups attached to an aromatic ring is 1. The molecule has 1 fully saturated rings. The largest absolute Gasteiger partial charge is 0.459 e. The smallest absolute Gasteiger partial charge is 0.293 e. The van der Waals surface area contributed by atoms with Gasteiger partial charge in [-0.15, -0.1) is 0 Å². The normalized spacial score (nSPS) is 16.8. The highest BCUT2D eigenvalue weighted by molar-refractivity contribution is 5.53. The van der Waals surface area contributed by atoms with Gasteiger partial charge in [0.2, 0.25) is 0 Å². The summed E-state index contributed by atoms with van der Waals surface area (Å²) in [4.78, 5) is 13.3. The molecule has 23 heavy (non-hydrogen) atoms. The van der Waals surface area contributed by atoms with E-state index in [2.05, 4.69) is 17.0 Å². The van der Waals surface area contributed by atoms with Crippen LogP contribution in [0.15, 0.2) is 54.6 Å². The van der Waals surface area contributed by atoms with Crippen LogP contribution in [0.3, 0.4) is 0 Å². The Morgan fingerprint density at radius 2 is 1.70 bits per heavy atom. The molecule has 0 aliphatic carbocycles. The van der Waals surface area contributed by atoms with E-state index >= 15 is 0 Å². The van der Waals surface area contributed by atoms with Crippen LogP contribution < -0.4 is 10.6 Å². The van der Waals surface area contributed by atoms with Gasteiger partial charge in [0.25, 0.3) is 6.47 Å². The van der Waals surface area contributed by atoms with Gasteiger partial charge in [-0.2, -0.15) is 0 Å². The fourth-order valence-electron chi connectivity index (χ4n) is 3.31. The molecule has 1 heterocycles. The first-order valence-corrected chi connectivity index (χ1v) is 8.02. The van der Waals surface area contributed by atoms with Gasteiger partial charge in [-0.1, -0.05) is 30.3 Å². The van der Waals surface area contributed by atoms with Crippen molar-refractivity contribution in [2.24, 2.45) is 5.92 Å². The van der Waals surface area contributed by atoms with E-state index in [1.165, 1.54) is 5.69 Å². The molecule has 1 atom stereocenters. The van der Waals surface area contributed by atoms with Crippen molar-refractivity contribution in [1.82, 2.24) is 0 Å². The van der Waals surface area contributed by atoms with Crippen LogP contribution in [0.25, 0.3) is 0 Å². The molecule has 2 aromatic carbocycles. The van der Waals surface area contributed by atoms with Crippen LogP contribution in [0, 0.1) is 5.92 Å². The molecule has 2 N–H and O–H groups in total. The Morgan fingerprint density at radius 1 is 1.04 bits per heavy atom. The highest BCUT2D eigenvalue weighted by Gasteiger charge is 2.29. The predicted molar refractivity (Wildman–Crippen MR) is 92.1 cm³/mol. The van der Waals surface area contributed by atoms with Gasteiger partial charge in [0.1, 0.15) is 6.10 Å². The van der Waals surface area contributed by atoms with E-state index in [4.69, 9.17) is 10.5 Å². The second-order valence-corrected chi connectivity index (χ2v) is 5.98. The van der Waals surface area contributed by atoms with Crippen molar-refractivity contribution in [2.45, 2.75) is 18.9 Å². The highest BCUT2D eigenvalue weighted by atomic mass is 16.5.